The average Bonchev–Trinajstić information content (AvgIpc) is 2.66. The van der Waals surface area contributed by atoms with Crippen LogP contribution in [0.3, 0.4) is 0 Å². The summed E-state index contributed by atoms with van der Waals surface area (Å²) in [5, 5.41) is 6.18. The highest BCUT2D eigenvalue weighted by Crippen LogP contribution is 2.38. The van der Waals surface area contributed by atoms with Crippen LogP contribution in [-0.2, 0) is 16.0 Å². The number of hydrogen-bond donors (Lipinski definition) is 2. The monoisotopic (exact) mass is 402 g/mol. The molecule has 2 aromatic carbocycles. The predicted octanol–water partition coefficient (Wildman–Crippen LogP) is 3.01. The Balaban J connectivity index is 2.02. The Kier molecular flexibility index (Phi) is 6.09. The van der Waals surface area contributed by atoms with E-state index >= 15 is 0 Å². The number of amides is 2. The molecule has 6 nitrogen and oxygen atoms in total. The number of hydrogen-bond acceptors (Lipinski definition) is 4. The highest BCUT2D eigenvalue weighted by Gasteiger charge is 2.28. The normalized spacial score (nSPS) is 15.6. The molecule has 3 rings (SSSR count). The number of carbonyl (C=O) groups is 2. The van der Waals surface area contributed by atoms with Crippen LogP contribution < -0.4 is 20.1 Å². The van der Waals surface area contributed by atoms with Crippen molar-refractivity contribution in [3.63, 3.8) is 0 Å². The second-order valence-corrected chi connectivity index (χ2v) is 7.29. The molecule has 0 saturated heterocycles. The summed E-state index contributed by atoms with van der Waals surface area (Å²) in [6, 6.07) is 10.7. The van der Waals surface area contributed by atoms with Gasteiger partial charge in [-0.2, -0.15) is 0 Å². The maximum Gasteiger partial charge on any atom is 0.257 e. The maximum absolute atomic E-state index is 12.3. The standard InChI is InChI=1S/C21H23ClN2O4/c1-12(2)28-18-10-16-14(8-17(18)27-11-20(26)23-3)9-19(25)24-21(16)13-4-6-15(22)7-5-13/h4-8,10,12,21H,9,11H2,1-3H3,(H,23,26)(H,24,25). The molecular formula is C21H23ClN2O4. The molecule has 7 heteroatoms. The number of ether oxygens (including phenoxy) is 2. The molecule has 2 N–H and O–H groups in total. The SMILES string of the molecule is CNC(=O)COc1cc2c(cc1OC(C)C)C(c1ccc(Cl)cc1)NC(=O)C2. The van der Waals surface area contributed by atoms with Gasteiger partial charge in [0.2, 0.25) is 5.91 Å². The third kappa shape index (κ3) is 4.57. The van der Waals surface area contributed by atoms with Crippen LogP contribution in [0, 0.1) is 0 Å². The maximum atomic E-state index is 12.3. The zero-order valence-electron chi connectivity index (χ0n) is 16.0. The van der Waals surface area contributed by atoms with E-state index in [0.29, 0.717) is 16.5 Å². The molecular weight excluding hydrogens is 380 g/mol. The number of likely N-dealkylation sites (N-methyl/N-ethyl adjacent to an activating group) is 1. The van der Waals surface area contributed by atoms with Crippen molar-refractivity contribution in [2.75, 3.05) is 13.7 Å². The summed E-state index contributed by atoms with van der Waals surface area (Å²) in [7, 11) is 1.55. The quantitative estimate of drug-likeness (QED) is 0.778. The fourth-order valence-electron chi connectivity index (χ4n) is 3.09. The van der Waals surface area contributed by atoms with Gasteiger partial charge in [0.1, 0.15) is 0 Å². The van der Waals surface area contributed by atoms with Gasteiger partial charge >= 0.3 is 0 Å². The average molecular weight is 403 g/mol. The Labute approximate surface area is 169 Å². The van der Waals surface area contributed by atoms with Crippen molar-refractivity contribution in [3.8, 4) is 11.5 Å². The van der Waals surface area contributed by atoms with Crippen molar-refractivity contribution in [1.29, 1.82) is 0 Å². The van der Waals surface area contributed by atoms with E-state index < -0.39 is 0 Å². The van der Waals surface area contributed by atoms with Crippen molar-refractivity contribution in [2.45, 2.75) is 32.4 Å². The first-order chi connectivity index (χ1) is 13.4. The molecule has 0 radical (unpaired) electrons. The lowest BCUT2D eigenvalue weighted by molar-refractivity contribution is -0.123. The third-order valence-corrected chi connectivity index (χ3v) is 4.63. The van der Waals surface area contributed by atoms with E-state index in [0.717, 1.165) is 16.7 Å². The molecule has 1 atom stereocenters. The number of halogens is 1. The second kappa shape index (κ2) is 8.52. The van der Waals surface area contributed by atoms with E-state index in [1.54, 1.807) is 25.2 Å². The summed E-state index contributed by atoms with van der Waals surface area (Å²) in [5.74, 6) is 0.653. The lowest BCUT2D eigenvalue weighted by Crippen LogP contribution is -2.36. The van der Waals surface area contributed by atoms with Gasteiger partial charge in [0, 0.05) is 12.1 Å². The van der Waals surface area contributed by atoms with Crippen molar-refractivity contribution < 1.29 is 19.1 Å². The highest BCUT2D eigenvalue weighted by atomic mass is 35.5. The van der Waals surface area contributed by atoms with Crippen molar-refractivity contribution >= 4 is 23.4 Å². The molecule has 0 bridgehead atoms. The highest BCUT2D eigenvalue weighted by molar-refractivity contribution is 6.30. The van der Waals surface area contributed by atoms with E-state index in [9.17, 15) is 9.59 Å². The third-order valence-electron chi connectivity index (χ3n) is 4.38. The zero-order valence-corrected chi connectivity index (χ0v) is 16.8. The van der Waals surface area contributed by atoms with Crippen LogP contribution in [0.4, 0.5) is 0 Å². The van der Waals surface area contributed by atoms with Crippen LogP contribution in [0.2, 0.25) is 5.02 Å². The van der Waals surface area contributed by atoms with E-state index in [2.05, 4.69) is 10.6 Å². The van der Waals surface area contributed by atoms with Crippen molar-refractivity contribution in [3.05, 3.63) is 58.1 Å². The van der Waals surface area contributed by atoms with Crippen molar-refractivity contribution in [2.24, 2.45) is 0 Å². The van der Waals surface area contributed by atoms with Gasteiger partial charge in [-0.25, -0.2) is 0 Å². The van der Waals surface area contributed by atoms with E-state index in [4.69, 9.17) is 21.1 Å². The summed E-state index contributed by atoms with van der Waals surface area (Å²) in [4.78, 5) is 23.9. The molecule has 0 aliphatic carbocycles. The molecule has 1 aliphatic heterocycles. The summed E-state index contributed by atoms with van der Waals surface area (Å²) in [5.41, 5.74) is 2.70. The van der Waals surface area contributed by atoms with Gasteiger partial charge in [0.25, 0.3) is 5.91 Å². The summed E-state index contributed by atoms with van der Waals surface area (Å²) < 4.78 is 11.6. The van der Waals surface area contributed by atoms with Crippen LogP contribution in [0.5, 0.6) is 11.5 Å². The first-order valence-electron chi connectivity index (χ1n) is 9.09. The molecule has 1 aliphatic rings. The molecule has 0 fully saturated rings. The van der Waals surface area contributed by atoms with Gasteiger partial charge in [-0.05, 0) is 54.8 Å². The molecule has 1 unspecified atom stereocenters. The van der Waals surface area contributed by atoms with E-state index in [1.165, 1.54) is 0 Å². The predicted molar refractivity (Wildman–Crippen MR) is 107 cm³/mol. The Morgan fingerprint density at radius 3 is 2.61 bits per heavy atom. The Morgan fingerprint density at radius 2 is 1.96 bits per heavy atom. The minimum absolute atomic E-state index is 0.0763. The van der Waals surface area contributed by atoms with E-state index in [-0.39, 0.29) is 37.0 Å². The Hall–Kier alpha value is -2.73. The topological polar surface area (TPSA) is 76.7 Å². The number of benzene rings is 2. The lowest BCUT2D eigenvalue weighted by Gasteiger charge is -2.29. The van der Waals surface area contributed by atoms with Crippen LogP contribution in [0.1, 0.15) is 36.6 Å². The van der Waals surface area contributed by atoms with Gasteiger partial charge in [-0.3, -0.25) is 9.59 Å². The largest absolute Gasteiger partial charge is 0.487 e. The molecule has 2 aromatic rings. The summed E-state index contributed by atoms with van der Waals surface area (Å²) in [6.07, 6.45) is 0.158. The summed E-state index contributed by atoms with van der Waals surface area (Å²) in [6.45, 7) is 3.71. The smallest absolute Gasteiger partial charge is 0.257 e. The molecule has 0 spiro atoms. The first-order valence-corrected chi connectivity index (χ1v) is 9.47. The zero-order chi connectivity index (χ0) is 20.3. The number of fused-ring (bicyclic) bond motifs is 1. The molecule has 2 amide bonds. The first kappa shape index (κ1) is 20.0. The van der Waals surface area contributed by atoms with Crippen LogP contribution >= 0.6 is 11.6 Å². The molecule has 0 aromatic heterocycles. The molecule has 28 heavy (non-hydrogen) atoms. The molecule has 1 heterocycles. The Bertz CT molecular complexity index is 881. The van der Waals surface area contributed by atoms with Gasteiger partial charge in [-0.1, -0.05) is 23.7 Å². The van der Waals surface area contributed by atoms with Gasteiger partial charge in [0.15, 0.2) is 18.1 Å². The Morgan fingerprint density at radius 1 is 1.25 bits per heavy atom. The molecule has 0 saturated carbocycles. The van der Waals surface area contributed by atoms with Gasteiger partial charge in [0.05, 0.1) is 18.6 Å². The van der Waals surface area contributed by atoms with Crippen LogP contribution in [-0.4, -0.2) is 31.6 Å². The fraction of sp³-hybridized carbons (Fsp3) is 0.333. The van der Waals surface area contributed by atoms with E-state index in [1.807, 2.05) is 32.0 Å². The summed E-state index contributed by atoms with van der Waals surface area (Å²) >= 11 is 6.00. The fourth-order valence-corrected chi connectivity index (χ4v) is 3.22. The number of rotatable bonds is 6. The number of nitrogens with one attached hydrogen (secondary N) is 2. The van der Waals surface area contributed by atoms with Crippen molar-refractivity contribution in [1.82, 2.24) is 10.6 Å². The van der Waals surface area contributed by atoms with Gasteiger partial charge in [-0.15, -0.1) is 0 Å². The molecule has 148 valence electrons. The minimum atomic E-state index is -0.309. The second-order valence-electron chi connectivity index (χ2n) is 6.86. The lowest BCUT2D eigenvalue weighted by atomic mass is 9.89. The number of carbonyl (C=O) groups excluding carboxylic acids is 2. The minimum Gasteiger partial charge on any atom is -0.487 e. The van der Waals surface area contributed by atoms with Crippen LogP contribution in [0.15, 0.2) is 36.4 Å². The van der Waals surface area contributed by atoms with Crippen LogP contribution in [0.25, 0.3) is 0 Å². The van der Waals surface area contributed by atoms with Gasteiger partial charge < -0.3 is 20.1 Å².